The van der Waals surface area contributed by atoms with Gasteiger partial charge in [-0.1, -0.05) is 29.3 Å². The number of carbonyl (C=O) groups is 1. The standard InChI is InChI=1S/C21H19Cl2N3O2/c1-28-18-5-3-17(4-6-18)25-8-10-26(11-9-25)21(27)16(14-24)12-15-2-7-19(22)20(23)13-15/h2-7,12-13H,8-11H2,1H3/b16-12+. The molecule has 1 aliphatic rings. The molecule has 0 bridgehead atoms. The predicted octanol–water partition coefficient (Wildman–Crippen LogP) is 4.26. The topological polar surface area (TPSA) is 56.6 Å². The fourth-order valence-electron chi connectivity index (χ4n) is 3.04. The molecule has 0 atom stereocenters. The number of amides is 1. The fraction of sp³-hybridized carbons (Fsp3) is 0.238. The van der Waals surface area contributed by atoms with Gasteiger partial charge < -0.3 is 14.5 Å². The van der Waals surface area contributed by atoms with Gasteiger partial charge in [-0.25, -0.2) is 0 Å². The van der Waals surface area contributed by atoms with Gasteiger partial charge in [0.15, 0.2) is 0 Å². The first-order chi connectivity index (χ1) is 13.5. The second kappa shape index (κ2) is 9.01. The maximum absolute atomic E-state index is 12.8. The SMILES string of the molecule is COc1ccc(N2CCN(C(=O)/C(C#N)=C/c3ccc(Cl)c(Cl)c3)CC2)cc1. The van der Waals surface area contributed by atoms with Crippen molar-refractivity contribution in [1.29, 1.82) is 5.26 Å². The van der Waals surface area contributed by atoms with Crippen molar-refractivity contribution in [1.82, 2.24) is 4.90 Å². The normalized spacial score (nSPS) is 14.6. The smallest absolute Gasteiger partial charge is 0.264 e. The van der Waals surface area contributed by atoms with E-state index in [0.29, 0.717) is 41.8 Å². The highest BCUT2D eigenvalue weighted by atomic mass is 35.5. The molecule has 2 aromatic rings. The number of nitrogens with zero attached hydrogens (tertiary/aromatic N) is 3. The highest BCUT2D eigenvalue weighted by Gasteiger charge is 2.24. The molecule has 1 heterocycles. The first-order valence-corrected chi connectivity index (χ1v) is 9.52. The van der Waals surface area contributed by atoms with Crippen LogP contribution in [-0.4, -0.2) is 44.1 Å². The number of rotatable bonds is 4. The van der Waals surface area contributed by atoms with Crippen LogP contribution in [0.1, 0.15) is 5.56 Å². The maximum atomic E-state index is 12.8. The highest BCUT2D eigenvalue weighted by molar-refractivity contribution is 6.42. The molecule has 1 amide bonds. The van der Waals surface area contributed by atoms with Crippen molar-refractivity contribution in [3.63, 3.8) is 0 Å². The van der Waals surface area contributed by atoms with Crippen LogP contribution in [-0.2, 0) is 4.79 Å². The summed E-state index contributed by atoms with van der Waals surface area (Å²) in [7, 11) is 1.64. The van der Waals surface area contributed by atoms with Crippen molar-refractivity contribution < 1.29 is 9.53 Å². The summed E-state index contributed by atoms with van der Waals surface area (Å²) in [6, 6.07) is 14.8. The van der Waals surface area contributed by atoms with E-state index in [1.54, 1.807) is 36.3 Å². The molecule has 0 spiro atoms. The van der Waals surface area contributed by atoms with Gasteiger partial charge in [-0.3, -0.25) is 4.79 Å². The average Bonchev–Trinajstić information content (AvgIpc) is 2.74. The summed E-state index contributed by atoms with van der Waals surface area (Å²) in [5.41, 5.74) is 1.83. The van der Waals surface area contributed by atoms with Crippen LogP contribution in [0.4, 0.5) is 5.69 Å². The maximum Gasteiger partial charge on any atom is 0.264 e. The number of benzene rings is 2. The van der Waals surface area contributed by atoms with E-state index in [2.05, 4.69) is 4.90 Å². The number of methoxy groups -OCH3 is 1. The molecule has 5 nitrogen and oxygen atoms in total. The third-order valence-corrected chi connectivity index (χ3v) is 5.35. The zero-order valence-corrected chi connectivity index (χ0v) is 16.9. The molecule has 28 heavy (non-hydrogen) atoms. The van der Waals surface area contributed by atoms with Crippen molar-refractivity contribution in [2.45, 2.75) is 0 Å². The molecule has 0 saturated carbocycles. The molecule has 1 saturated heterocycles. The van der Waals surface area contributed by atoms with Crippen LogP contribution < -0.4 is 9.64 Å². The van der Waals surface area contributed by atoms with Crippen LogP contribution in [0.3, 0.4) is 0 Å². The molecule has 1 aliphatic heterocycles. The number of piperazine rings is 1. The number of anilines is 1. The van der Waals surface area contributed by atoms with E-state index in [1.807, 2.05) is 30.3 Å². The van der Waals surface area contributed by atoms with Gasteiger partial charge in [-0.15, -0.1) is 0 Å². The zero-order valence-electron chi connectivity index (χ0n) is 15.4. The van der Waals surface area contributed by atoms with E-state index in [1.165, 1.54) is 0 Å². The number of hydrogen-bond acceptors (Lipinski definition) is 4. The molecule has 2 aromatic carbocycles. The van der Waals surface area contributed by atoms with E-state index in [0.717, 1.165) is 11.4 Å². The lowest BCUT2D eigenvalue weighted by atomic mass is 10.1. The van der Waals surface area contributed by atoms with Gasteiger partial charge in [0.2, 0.25) is 0 Å². The molecule has 7 heteroatoms. The van der Waals surface area contributed by atoms with Crippen molar-refractivity contribution in [3.8, 4) is 11.8 Å². The summed E-state index contributed by atoms with van der Waals surface area (Å²) in [5.74, 6) is 0.534. The highest BCUT2D eigenvalue weighted by Crippen LogP contribution is 2.24. The first-order valence-electron chi connectivity index (χ1n) is 8.77. The second-order valence-electron chi connectivity index (χ2n) is 6.32. The van der Waals surface area contributed by atoms with Gasteiger partial charge in [0.25, 0.3) is 5.91 Å². The van der Waals surface area contributed by atoms with E-state index < -0.39 is 0 Å². The van der Waals surface area contributed by atoms with Crippen LogP contribution in [0.25, 0.3) is 6.08 Å². The van der Waals surface area contributed by atoms with Crippen LogP contribution in [0.15, 0.2) is 48.0 Å². The fourth-order valence-corrected chi connectivity index (χ4v) is 3.35. The summed E-state index contributed by atoms with van der Waals surface area (Å²) in [5, 5.41) is 10.3. The number of halogens is 2. The van der Waals surface area contributed by atoms with E-state index in [-0.39, 0.29) is 11.5 Å². The summed E-state index contributed by atoms with van der Waals surface area (Å²) in [6.45, 7) is 2.49. The Balaban J connectivity index is 1.66. The minimum atomic E-state index is -0.275. The molecule has 1 fully saturated rings. The molecule has 0 aromatic heterocycles. The second-order valence-corrected chi connectivity index (χ2v) is 7.14. The quantitative estimate of drug-likeness (QED) is 0.552. The lowest BCUT2D eigenvalue weighted by Gasteiger charge is -2.36. The van der Waals surface area contributed by atoms with Crippen LogP contribution in [0.2, 0.25) is 10.0 Å². The Labute approximate surface area is 174 Å². The van der Waals surface area contributed by atoms with Gasteiger partial charge >= 0.3 is 0 Å². The molecular weight excluding hydrogens is 397 g/mol. The summed E-state index contributed by atoms with van der Waals surface area (Å²) in [6.07, 6.45) is 1.54. The van der Waals surface area contributed by atoms with Gasteiger partial charge in [0.05, 0.1) is 17.2 Å². The Morgan fingerprint density at radius 3 is 2.32 bits per heavy atom. The molecule has 3 rings (SSSR count). The van der Waals surface area contributed by atoms with Crippen molar-refractivity contribution in [2.75, 3.05) is 38.2 Å². The summed E-state index contributed by atoms with van der Waals surface area (Å²) < 4.78 is 5.18. The third-order valence-electron chi connectivity index (χ3n) is 4.61. The summed E-state index contributed by atoms with van der Waals surface area (Å²) >= 11 is 11.9. The van der Waals surface area contributed by atoms with Gasteiger partial charge in [-0.05, 0) is 48.0 Å². The molecule has 0 unspecified atom stereocenters. The zero-order chi connectivity index (χ0) is 20.1. The largest absolute Gasteiger partial charge is 0.497 e. The van der Waals surface area contributed by atoms with Crippen LogP contribution in [0.5, 0.6) is 5.75 Å². The molecule has 0 aliphatic carbocycles. The van der Waals surface area contributed by atoms with Gasteiger partial charge in [-0.2, -0.15) is 5.26 Å². The number of nitriles is 1. The predicted molar refractivity (Wildman–Crippen MR) is 112 cm³/mol. The van der Waals surface area contributed by atoms with E-state index >= 15 is 0 Å². The van der Waals surface area contributed by atoms with Gasteiger partial charge in [0.1, 0.15) is 17.4 Å². The van der Waals surface area contributed by atoms with E-state index in [4.69, 9.17) is 27.9 Å². The van der Waals surface area contributed by atoms with Crippen molar-refractivity contribution in [2.24, 2.45) is 0 Å². The Bertz CT molecular complexity index is 928. The van der Waals surface area contributed by atoms with E-state index in [9.17, 15) is 10.1 Å². The Morgan fingerprint density at radius 2 is 1.75 bits per heavy atom. The molecule has 144 valence electrons. The minimum Gasteiger partial charge on any atom is -0.497 e. The van der Waals surface area contributed by atoms with Crippen LogP contribution >= 0.6 is 23.2 Å². The summed E-state index contributed by atoms with van der Waals surface area (Å²) in [4.78, 5) is 16.7. The monoisotopic (exact) mass is 415 g/mol. The lowest BCUT2D eigenvalue weighted by Crippen LogP contribution is -2.49. The first kappa shape index (κ1) is 20.1. The number of carbonyl (C=O) groups excluding carboxylic acids is 1. The number of hydrogen-bond donors (Lipinski definition) is 0. The number of ether oxygens (including phenoxy) is 1. The Hall–Kier alpha value is -2.68. The minimum absolute atomic E-state index is 0.0799. The third kappa shape index (κ3) is 4.59. The lowest BCUT2D eigenvalue weighted by molar-refractivity contribution is -0.126. The van der Waals surface area contributed by atoms with Crippen molar-refractivity contribution in [3.05, 3.63) is 63.6 Å². The molecule has 0 N–H and O–H groups in total. The Morgan fingerprint density at radius 1 is 1.07 bits per heavy atom. The van der Waals surface area contributed by atoms with Crippen molar-refractivity contribution >= 4 is 40.9 Å². The molecular formula is C21H19Cl2N3O2. The van der Waals surface area contributed by atoms with Crippen LogP contribution in [0, 0.1) is 11.3 Å². The average molecular weight is 416 g/mol. The Kier molecular flexibility index (Phi) is 6.45. The van der Waals surface area contributed by atoms with Gasteiger partial charge in [0, 0.05) is 31.9 Å². The molecule has 0 radical (unpaired) electrons.